The molecule has 0 saturated carbocycles. The molecule has 0 saturated heterocycles. The summed E-state index contributed by atoms with van der Waals surface area (Å²) in [6.45, 7) is 0. The second kappa shape index (κ2) is 7.11. The van der Waals surface area contributed by atoms with Gasteiger partial charge in [-0.25, -0.2) is 8.42 Å². The summed E-state index contributed by atoms with van der Waals surface area (Å²) in [6, 6.07) is 10.5. The number of carbonyl (C=O) groups excluding carboxylic acids is 1. The van der Waals surface area contributed by atoms with E-state index in [0.717, 1.165) is 0 Å². The van der Waals surface area contributed by atoms with Crippen molar-refractivity contribution in [1.82, 2.24) is 0 Å². The zero-order chi connectivity index (χ0) is 21.6. The molecular formula is C17H13F3O7S2. The van der Waals surface area contributed by atoms with Crippen LogP contribution in [-0.4, -0.2) is 45.4 Å². The van der Waals surface area contributed by atoms with Crippen molar-refractivity contribution in [3.8, 4) is 0 Å². The quantitative estimate of drug-likeness (QED) is 0.562. The summed E-state index contributed by atoms with van der Waals surface area (Å²) >= 11 is 0. The van der Waals surface area contributed by atoms with Crippen LogP contribution in [0.5, 0.6) is 0 Å². The first-order chi connectivity index (χ1) is 13.3. The Kier molecular flexibility index (Phi) is 5.22. The number of fused-ring (bicyclic) bond motifs is 2. The Bertz CT molecular complexity index is 1120. The molecule has 29 heavy (non-hydrogen) atoms. The highest BCUT2D eigenvalue weighted by molar-refractivity contribution is 7.91. The van der Waals surface area contributed by atoms with Gasteiger partial charge in [0.05, 0.1) is 9.79 Å². The molecule has 0 radical (unpaired) electrons. The standard InChI is InChI=1S/C17H13F3O7S2/c18-17(19,20)14(9-28(22,23)24)27-16(21)15-10-5-1-3-7-12(10)29(25,26)13-8-4-2-6-11(13)15/h1-8,14-15H,9H2,(H,22,23,24). The minimum absolute atomic E-state index is 0.0935. The third kappa shape index (κ3) is 4.14. The summed E-state index contributed by atoms with van der Waals surface area (Å²) < 4.78 is 100. The van der Waals surface area contributed by atoms with Gasteiger partial charge in [-0.15, -0.1) is 0 Å². The Balaban J connectivity index is 2.10. The molecule has 12 heteroatoms. The first-order valence-electron chi connectivity index (χ1n) is 7.97. The van der Waals surface area contributed by atoms with Crippen LogP contribution in [0.25, 0.3) is 0 Å². The van der Waals surface area contributed by atoms with E-state index in [-0.39, 0.29) is 20.9 Å². The van der Waals surface area contributed by atoms with Crippen LogP contribution in [0.4, 0.5) is 13.2 Å². The normalized spacial score (nSPS) is 17.1. The molecule has 1 aliphatic rings. The van der Waals surface area contributed by atoms with Crippen molar-refractivity contribution in [2.45, 2.75) is 28.0 Å². The van der Waals surface area contributed by atoms with E-state index in [1.165, 1.54) is 48.5 Å². The van der Waals surface area contributed by atoms with Crippen molar-refractivity contribution in [3.05, 3.63) is 59.7 Å². The maximum atomic E-state index is 13.1. The lowest BCUT2D eigenvalue weighted by molar-refractivity contribution is -0.215. The van der Waals surface area contributed by atoms with Crippen LogP contribution in [0.15, 0.2) is 58.3 Å². The molecule has 0 amide bonds. The predicted octanol–water partition coefficient (Wildman–Crippen LogP) is 2.33. The van der Waals surface area contributed by atoms with Crippen molar-refractivity contribution >= 4 is 25.9 Å². The van der Waals surface area contributed by atoms with Gasteiger partial charge in [-0.3, -0.25) is 9.35 Å². The zero-order valence-electron chi connectivity index (χ0n) is 14.3. The Morgan fingerprint density at radius 2 is 1.48 bits per heavy atom. The van der Waals surface area contributed by atoms with Crippen LogP contribution < -0.4 is 0 Å². The van der Waals surface area contributed by atoms with E-state index in [9.17, 15) is 34.8 Å². The van der Waals surface area contributed by atoms with Gasteiger partial charge >= 0.3 is 12.1 Å². The van der Waals surface area contributed by atoms with E-state index in [1.807, 2.05) is 0 Å². The van der Waals surface area contributed by atoms with Crippen LogP contribution in [0.2, 0.25) is 0 Å². The average molecular weight is 450 g/mol. The van der Waals surface area contributed by atoms with Gasteiger partial charge in [0.2, 0.25) is 15.9 Å². The fourth-order valence-corrected chi connectivity index (χ4v) is 5.45. The van der Waals surface area contributed by atoms with Crippen molar-refractivity contribution in [2.75, 3.05) is 5.75 Å². The van der Waals surface area contributed by atoms with E-state index in [0.29, 0.717) is 0 Å². The van der Waals surface area contributed by atoms with Crippen molar-refractivity contribution in [1.29, 1.82) is 0 Å². The molecule has 3 rings (SSSR count). The molecule has 2 aromatic carbocycles. The van der Waals surface area contributed by atoms with Crippen LogP contribution in [0, 0.1) is 0 Å². The minimum atomic E-state index is -5.27. The zero-order valence-corrected chi connectivity index (χ0v) is 16.0. The molecule has 0 fully saturated rings. The van der Waals surface area contributed by atoms with E-state index in [2.05, 4.69) is 4.74 Å². The number of sulfone groups is 1. The first-order valence-corrected chi connectivity index (χ1v) is 11.1. The van der Waals surface area contributed by atoms with E-state index >= 15 is 0 Å². The van der Waals surface area contributed by atoms with E-state index < -0.39 is 49.9 Å². The number of halogens is 3. The Morgan fingerprint density at radius 1 is 1.03 bits per heavy atom. The average Bonchev–Trinajstić information content (AvgIpc) is 2.60. The third-order valence-electron chi connectivity index (χ3n) is 4.26. The SMILES string of the molecule is O=C(OC(CS(=O)(=O)O)C(F)(F)F)C1c2ccccc2S(=O)(=O)c2ccccc21. The maximum absolute atomic E-state index is 13.1. The molecule has 7 nitrogen and oxygen atoms in total. The number of esters is 1. The van der Waals surface area contributed by atoms with Gasteiger partial charge in [-0.05, 0) is 23.3 Å². The van der Waals surface area contributed by atoms with Gasteiger partial charge in [0.25, 0.3) is 10.1 Å². The Morgan fingerprint density at radius 3 is 1.90 bits per heavy atom. The molecule has 1 unspecified atom stereocenters. The predicted molar refractivity (Wildman–Crippen MR) is 92.5 cm³/mol. The second-order valence-corrected chi connectivity index (χ2v) is 9.61. The van der Waals surface area contributed by atoms with Gasteiger partial charge in [0.15, 0.2) is 0 Å². The van der Waals surface area contributed by atoms with Gasteiger partial charge < -0.3 is 4.74 Å². The number of hydrogen-bond donors (Lipinski definition) is 1. The summed E-state index contributed by atoms with van der Waals surface area (Å²) in [7, 11) is -9.13. The molecule has 0 aliphatic carbocycles. The molecule has 1 N–H and O–H groups in total. The third-order valence-corrected chi connectivity index (χ3v) is 6.89. The molecule has 1 aliphatic heterocycles. The van der Waals surface area contributed by atoms with Crippen LogP contribution in [0.3, 0.4) is 0 Å². The lowest BCUT2D eigenvalue weighted by Gasteiger charge is -2.28. The topological polar surface area (TPSA) is 115 Å². The van der Waals surface area contributed by atoms with Crippen molar-refractivity contribution in [3.63, 3.8) is 0 Å². The monoisotopic (exact) mass is 450 g/mol. The largest absolute Gasteiger partial charge is 0.451 e. The highest BCUT2D eigenvalue weighted by Gasteiger charge is 2.48. The molecule has 1 atom stereocenters. The molecule has 0 bridgehead atoms. The van der Waals surface area contributed by atoms with Gasteiger partial charge in [-0.2, -0.15) is 21.6 Å². The maximum Gasteiger partial charge on any atom is 0.426 e. The molecule has 1 heterocycles. The second-order valence-electron chi connectivity index (χ2n) is 6.23. The van der Waals surface area contributed by atoms with Gasteiger partial charge in [0.1, 0.15) is 11.7 Å². The fourth-order valence-electron chi connectivity index (χ4n) is 3.06. The Hall–Kier alpha value is -2.44. The lowest BCUT2D eigenvalue weighted by atomic mass is 9.90. The number of alkyl halides is 3. The summed E-state index contributed by atoms with van der Waals surface area (Å²) in [4.78, 5) is 12.2. The summed E-state index contributed by atoms with van der Waals surface area (Å²) in [5.41, 5.74) is -0.187. The van der Waals surface area contributed by atoms with E-state index in [4.69, 9.17) is 4.55 Å². The van der Waals surface area contributed by atoms with E-state index in [1.54, 1.807) is 0 Å². The number of hydrogen-bond acceptors (Lipinski definition) is 6. The van der Waals surface area contributed by atoms with Crippen LogP contribution >= 0.6 is 0 Å². The first kappa shape index (κ1) is 21.3. The molecular weight excluding hydrogens is 437 g/mol. The summed E-state index contributed by atoms with van der Waals surface area (Å²) in [6.07, 6.45) is -8.39. The highest BCUT2D eigenvalue weighted by Crippen LogP contribution is 2.42. The molecule has 0 aromatic heterocycles. The van der Waals surface area contributed by atoms with Gasteiger partial charge in [0, 0.05) is 0 Å². The Labute approximate surface area is 163 Å². The number of benzene rings is 2. The number of carbonyl (C=O) groups is 1. The minimum Gasteiger partial charge on any atom is -0.451 e. The summed E-state index contributed by atoms with van der Waals surface area (Å²) in [5, 5.41) is 0. The molecule has 2 aromatic rings. The number of rotatable bonds is 4. The van der Waals surface area contributed by atoms with Crippen LogP contribution in [-0.2, 0) is 29.5 Å². The van der Waals surface area contributed by atoms with Crippen LogP contribution in [0.1, 0.15) is 17.0 Å². The summed E-state index contributed by atoms with van der Waals surface area (Å²) in [5.74, 6) is -4.90. The molecule has 156 valence electrons. The van der Waals surface area contributed by atoms with Crippen molar-refractivity contribution < 1.29 is 44.1 Å². The highest BCUT2D eigenvalue weighted by atomic mass is 32.2. The smallest absolute Gasteiger partial charge is 0.426 e. The fraction of sp³-hybridized carbons (Fsp3) is 0.235. The number of ether oxygens (including phenoxy) is 1. The van der Waals surface area contributed by atoms with Crippen molar-refractivity contribution in [2.24, 2.45) is 0 Å². The van der Waals surface area contributed by atoms with Gasteiger partial charge in [-0.1, -0.05) is 36.4 Å². The lowest BCUT2D eigenvalue weighted by Crippen LogP contribution is -2.41. The molecule has 0 spiro atoms.